The summed E-state index contributed by atoms with van der Waals surface area (Å²) in [5.74, 6) is 0. The highest BCUT2D eigenvalue weighted by molar-refractivity contribution is 8.62. The summed E-state index contributed by atoms with van der Waals surface area (Å²) in [6.07, 6.45) is 8.06. The lowest BCUT2D eigenvalue weighted by atomic mass is 10.5. The second-order valence-corrected chi connectivity index (χ2v) is 8.45. The number of rotatable bonds is 3. The molecule has 0 fully saturated rings. The maximum atomic E-state index is 5.40. The van der Waals surface area contributed by atoms with Gasteiger partial charge in [-0.05, 0) is 6.92 Å². The van der Waals surface area contributed by atoms with E-state index in [1.807, 2.05) is 31.2 Å². The Kier molecular flexibility index (Phi) is 3.38. The van der Waals surface area contributed by atoms with Crippen LogP contribution in [0.15, 0.2) is 24.3 Å². The summed E-state index contributed by atoms with van der Waals surface area (Å²) in [5.41, 5.74) is -1.65. The Morgan fingerprint density at radius 3 is 2.55 bits per heavy atom. The highest BCUT2D eigenvalue weighted by atomic mass is 32.9. The van der Waals surface area contributed by atoms with Gasteiger partial charge in [-0.15, -0.1) is 12.2 Å². The molecule has 0 aromatic rings. The van der Waals surface area contributed by atoms with Gasteiger partial charge in [-0.2, -0.15) is 0 Å². The topological polar surface area (TPSA) is 9.23 Å². The average Bonchev–Trinajstić information content (AvgIpc) is 2.37. The van der Waals surface area contributed by atoms with Crippen LogP contribution in [0.4, 0.5) is 0 Å². The van der Waals surface area contributed by atoms with Crippen molar-refractivity contribution in [2.75, 3.05) is 6.61 Å². The lowest BCUT2D eigenvalue weighted by Gasteiger charge is -2.19. The van der Waals surface area contributed by atoms with Crippen LogP contribution in [-0.2, 0) is 16.3 Å². The molecule has 0 aliphatic heterocycles. The minimum atomic E-state index is -1.89. The molecular weight excluding hydrogens is 195 g/mol. The van der Waals surface area contributed by atoms with Crippen LogP contribution in [0.1, 0.15) is 6.92 Å². The highest BCUT2D eigenvalue weighted by Gasteiger charge is 2.21. The SMILES string of the molecule is CCOP(=S)(S)C1C=CC=C1. The smallest absolute Gasteiger partial charge is 0.126 e. The summed E-state index contributed by atoms with van der Waals surface area (Å²) in [7, 11) is 0. The van der Waals surface area contributed by atoms with E-state index >= 15 is 0 Å². The maximum Gasteiger partial charge on any atom is 0.126 e. The van der Waals surface area contributed by atoms with Gasteiger partial charge in [0.1, 0.15) is 5.47 Å². The molecule has 1 atom stereocenters. The molecule has 0 saturated carbocycles. The van der Waals surface area contributed by atoms with Gasteiger partial charge >= 0.3 is 0 Å². The second-order valence-electron chi connectivity index (χ2n) is 2.24. The Labute approximate surface area is 77.8 Å². The molecule has 0 amide bonds. The summed E-state index contributed by atoms with van der Waals surface area (Å²) in [6, 6.07) is 0. The molecule has 1 aliphatic rings. The van der Waals surface area contributed by atoms with E-state index in [1.165, 1.54) is 0 Å². The maximum absolute atomic E-state index is 5.40. The van der Waals surface area contributed by atoms with Crippen molar-refractivity contribution >= 4 is 29.5 Å². The molecule has 0 radical (unpaired) electrons. The van der Waals surface area contributed by atoms with E-state index < -0.39 is 5.47 Å². The fourth-order valence-corrected chi connectivity index (χ4v) is 3.63. The molecule has 4 heteroatoms. The van der Waals surface area contributed by atoms with Gasteiger partial charge in [-0.3, -0.25) is 0 Å². The first-order valence-electron chi connectivity index (χ1n) is 3.49. The summed E-state index contributed by atoms with van der Waals surface area (Å²) in [6.45, 7) is 2.60. The van der Waals surface area contributed by atoms with Crippen molar-refractivity contribution in [1.82, 2.24) is 0 Å². The van der Waals surface area contributed by atoms with Crippen LogP contribution >= 0.6 is 17.7 Å². The van der Waals surface area contributed by atoms with Gasteiger partial charge in [-0.25, -0.2) is 0 Å². The van der Waals surface area contributed by atoms with Gasteiger partial charge in [0.15, 0.2) is 0 Å². The Morgan fingerprint density at radius 2 is 2.09 bits per heavy atom. The molecular formula is C7H11OPS2. The van der Waals surface area contributed by atoms with E-state index in [4.69, 9.17) is 16.3 Å². The number of thiol groups is 1. The summed E-state index contributed by atoms with van der Waals surface area (Å²) in [4.78, 5) is 0. The predicted octanol–water partition coefficient (Wildman–Crippen LogP) is 2.76. The van der Waals surface area contributed by atoms with Crippen molar-refractivity contribution in [1.29, 1.82) is 0 Å². The summed E-state index contributed by atoms with van der Waals surface area (Å²) in [5, 5.41) is 0. The van der Waals surface area contributed by atoms with Crippen molar-refractivity contribution in [2.24, 2.45) is 0 Å². The third-order valence-corrected chi connectivity index (χ3v) is 5.34. The molecule has 0 spiro atoms. The van der Waals surface area contributed by atoms with Crippen molar-refractivity contribution < 1.29 is 4.52 Å². The first-order chi connectivity index (χ1) is 5.17. The van der Waals surface area contributed by atoms with E-state index in [2.05, 4.69) is 12.2 Å². The molecule has 0 aromatic carbocycles. The molecule has 0 N–H and O–H groups in total. The third kappa shape index (κ3) is 2.45. The first kappa shape index (κ1) is 9.53. The molecule has 0 heterocycles. The van der Waals surface area contributed by atoms with E-state index in [0.29, 0.717) is 6.61 Å². The quantitative estimate of drug-likeness (QED) is 0.561. The standard InChI is InChI=1S/C7H11OPS2/c1-2-8-9(10,11)7-5-3-4-6-7/h3-7H,2H2,1H3,(H,10,11). The monoisotopic (exact) mass is 206 g/mol. The zero-order chi connectivity index (χ0) is 8.32. The zero-order valence-corrected chi connectivity index (χ0v) is 8.91. The average molecular weight is 206 g/mol. The third-order valence-electron chi connectivity index (χ3n) is 1.42. The second kappa shape index (κ2) is 3.90. The predicted molar refractivity (Wildman–Crippen MR) is 57.0 cm³/mol. The van der Waals surface area contributed by atoms with E-state index in [-0.39, 0.29) is 5.66 Å². The van der Waals surface area contributed by atoms with Gasteiger partial charge in [0, 0.05) is 6.61 Å². The Balaban J connectivity index is 2.64. The van der Waals surface area contributed by atoms with Gasteiger partial charge in [0.05, 0.1) is 5.66 Å². The lowest BCUT2D eigenvalue weighted by Crippen LogP contribution is -1.97. The van der Waals surface area contributed by atoms with Gasteiger partial charge in [-0.1, -0.05) is 36.1 Å². The minimum absolute atomic E-state index is 0.237. The van der Waals surface area contributed by atoms with Crippen molar-refractivity contribution in [3.63, 3.8) is 0 Å². The normalized spacial score (nSPS) is 22.4. The van der Waals surface area contributed by atoms with Gasteiger partial charge < -0.3 is 4.52 Å². The first-order valence-corrected chi connectivity index (χ1v) is 7.43. The molecule has 1 rings (SSSR count). The molecule has 62 valence electrons. The van der Waals surface area contributed by atoms with E-state index in [9.17, 15) is 0 Å². The highest BCUT2D eigenvalue weighted by Crippen LogP contribution is 2.58. The molecule has 1 nitrogen and oxygen atoms in total. The molecule has 1 aliphatic carbocycles. The van der Waals surface area contributed by atoms with Crippen LogP contribution in [0.5, 0.6) is 0 Å². The zero-order valence-electron chi connectivity index (χ0n) is 6.30. The van der Waals surface area contributed by atoms with Crippen LogP contribution in [0.3, 0.4) is 0 Å². The minimum Gasteiger partial charge on any atom is -0.341 e. The van der Waals surface area contributed by atoms with Crippen LogP contribution in [-0.4, -0.2) is 12.3 Å². The summed E-state index contributed by atoms with van der Waals surface area (Å²) >= 11 is 9.62. The van der Waals surface area contributed by atoms with Crippen LogP contribution in [0, 0.1) is 0 Å². The molecule has 0 aromatic heterocycles. The number of hydrogen-bond acceptors (Lipinski definition) is 2. The van der Waals surface area contributed by atoms with E-state index in [1.54, 1.807) is 0 Å². The Hall–Kier alpha value is 0.440. The Morgan fingerprint density at radius 1 is 1.55 bits per heavy atom. The van der Waals surface area contributed by atoms with Crippen LogP contribution in [0.2, 0.25) is 0 Å². The van der Waals surface area contributed by atoms with Crippen molar-refractivity contribution in [3.8, 4) is 0 Å². The van der Waals surface area contributed by atoms with E-state index in [0.717, 1.165) is 0 Å². The fraction of sp³-hybridized carbons (Fsp3) is 0.429. The number of hydrogen-bond donors (Lipinski definition) is 1. The number of allylic oxidation sites excluding steroid dienone is 4. The largest absolute Gasteiger partial charge is 0.341 e. The summed E-state index contributed by atoms with van der Waals surface area (Å²) < 4.78 is 5.40. The molecule has 0 saturated heterocycles. The Bertz CT molecular complexity index is 223. The molecule has 1 unspecified atom stereocenters. The fourth-order valence-electron chi connectivity index (χ4n) is 0.909. The van der Waals surface area contributed by atoms with Gasteiger partial charge in [0.25, 0.3) is 0 Å². The van der Waals surface area contributed by atoms with Gasteiger partial charge in [0.2, 0.25) is 0 Å². The van der Waals surface area contributed by atoms with Crippen molar-refractivity contribution in [3.05, 3.63) is 24.3 Å². The molecule has 11 heavy (non-hydrogen) atoms. The van der Waals surface area contributed by atoms with Crippen molar-refractivity contribution in [2.45, 2.75) is 12.6 Å². The molecule has 0 bridgehead atoms. The van der Waals surface area contributed by atoms with Crippen LogP contribution in [0.25, 0.3) is 0 Å². The van der Waals surface area contributed by atoms with Crippen LogP contribution < -0.4 is 0 Å². The lowest BCUT2D eigenvalue weighted by molar-refractivity contribution is 0.384.